The molecule has 2 amide bonds. The predicted octanol–water partition coefficient (Wildman–Crippen LogP) is 2.76. The van der Waals surface area contributed by atoms with Gasteiger partial charge < -0.3 is 14.3 Å². The molecule has 0 aliphatic carbocycles. The highest BCUT2D eigenvalue weighted by Crippen LogP contribution is 2.38. The first kappa shape index (κ1) is 21.4. The lowest BCUT2D eigenvalue weighted by Gasteiger charge is -2.36. The summed E-state index contributed by atoms with van der Waals surface area (Å²) in [5.41, 5.74) is 0.775. The highest BCUT2D eigenvalue weighted by molar-refractivity contribution is 7.09. The van der Waals surface area contributed by atoms with Crippen molar-refractivity contribution in [2.24, 2.45) is 0 Å². The maximum atomic E-state index is 13.4. The molecule has 4 heterocycles. The maximum absolute atomic E-state index is 13.4. The summed E-state index contributed by atoms with van der Waals surface area (Å²) in [5.74, 6) is 0.635. The van der Waals surface area contributed by atoms with Crippen LogP contribution in [0.25, 0.3) is 10.8 Å². The van der Waals surface area contributed by atoms with Crippen LogP contribution in [0.4, 0.5) is 10.2 Å². The van der Waals surface area contributed by atoms with E-state index in [4.69, 9.17) is 4.98 Å². The summed E-state index contributed by atoms with van der Waals surface area (Å²) < 4.78 is 19.5. The molecule has 2 aromatic heterocycles. The minimum absolute atomic E-state index is 0.0613. The van der Waals surface area contributed by atoms with Gasteiger partial charge in [0.2, 0.25) is 5.91 Å². The van der Waals surface area contributed by atoms with Gasteiger partial charge >= 0.3 is 0 Å². The zero-order chi connectivity index (χ0) is 23.1. The van der Waals surface area contributed by atoms with Crippen LogP contribution in [0.3, 0.4) is 0 Å². The number of aldehydes is 1. The van der Waals surface area contributed by atoms with Gasteiger partial charge in [0, 0.05) is 31.6 Å². The molecular weight excluding hydrogens is 447 g/mol. The van der Waals surface area contributed by atoms with Crippen LogP contribution in [-0.4, -0.2) is 55.0 Å². The average molecular weight is 469 g/mol. The number of carbonyl (C=O) groups is 3. The van der Waals surface area contributed by atoms with Crippen LogP contribution < -0.4 is 4.90 Å². The van der Waals surface area contributed by atoms with E-state index in [9.17, 15) is 18.8 Å². The van der Waals surface area contributed by atoms with Crippen molar-refractivity contribution in [1.82, 2.24) is 23.8 Å². The number of hydrogen-bond donors (Lipinski definition) is 0. The minimum Gasteiger partial charge on any atom is -0.321 e. The first-order chi connectivity index (χ1) is 16.0. The summed E-state index contributed by atoms with van der Waals surface area (Å²) >= 11 is 1.20. The summed E-state index contributed by atoms with van der Waals surface area (Å²) in [4.78, 5) is 50.6. The Morgan fingerprint density at radius 3 is 2.61 bits per heavy atom. The van der Waals surface area contributed by atoms with Crippen LogP contribution in [-0.2, 0) is 16.1 Å². The van der Waals surface area contributed by atoms with Gasteiger partial charge in [-0.1, -0.05) is 0 Å². The van der Waals surface area contributed by atoms with Crippen LogP contribution in [0.1, 0.15) is 47.2 Å². The number of nitrogens with zero attached hydrogens (tertiary/aromatic N) is 6. The Kier molecular flexibility index (Phi) is 5.49. The summed E-state index contributed by atoms with van der Waals surface area (Å²) in [6, 6.07) is 4.28. The molecule has 0 N–H and O–H groups in total. The minimum atomic E-state index is -0.948. The second-order valence-corrected chi connectivity index (χ2v) is 8.78. The van der Waals surface area contributed by atoms with Gasteiger partial charge in [-0.2, -0.15) is 4.37 Å². The van der Waals surface area contributed by atoms with Crippen molar-refractivity contribution in [3.8, 4) is 10.8 Å². The lowest BCUT2D eigenvalue weighted by molar-refractivity contribution is -0.119. The lowest BCUT2D eigenvalue weighted by atomic mass is 10.1. The number of halogens is 1. The van der Waals surface area contributed by atoms with E-state index in [-0.39, 0.29) is 23.9 Å². The number of piperidine rings is 1. The topological polar surface area (TPSA) is 101 Å². The molecule has 1 atom stereocenters. The molecule has 1 aromatic carbocycles. The number of anilines is 1. The van der Waals surface area contributed by atoms with Gasteiger partial charge in [-0.05, 0) is 55.6 Å². The fraction of sp³-hybridized carbons (Fsp3) is 0.364. The smallest absolute Gasteiger partial charge is 0.254 e. The molecule has 0 saturated carbocycles. The van der Waals surface area contributed by atoms with Crippen LogP contribution in [0, 0.1) is 12.7 Å². The van der Waals surface area contributed by atoms with E-state index in [1.807, 2.05) is 4.57 Å². The summed E-state index contributed by atoms with van der Waals surface area (Å²) in [6.45, 7) is 2.90. The monoisotopic (exact) mass is 468 g/mol. The molecule has 9 nitrogen and oxygen atoms in total. The van der Waals surface area contributed by atoms with Crippen molar-refractivity contribution in [3.63, 3.8) is 0 Å². The summed E-state index contributed by atoms with van der Waals surface area (Å²) in [5, 5.41) is 0.590. The third kappa shape index (κ3) is 3.71. The Morgan fingerprint density at radius 2 is 1.94 bits per heavy atom. The van der Waals surface area contributed by atoms with Crippen LogP contribution in [0.5, 0.6) is 0 Å². The van der Waals surface area contributed by atoms with Gasteiger partial charge in [0.05, 0.1) is 5.69 Å². The van der Waals surface area contributed by atoms with Gasteiger partial charge in [0.25, 0.3) is 5.91 Å². The van der Waals surface area contributed by atoms with E-state index < -0.39 is 11.9 Å². The third-order valence-corrected chi connectivity index (χ3v) is 6.75. The molecule has 11 heteroatoms. The molecule has 1 saturated heterocycles. The van der Waals surface area contributed by atoms with E-state index in [0.717, 1.165) is 12.8 Å². The molecule has 2 aliphatic heterocycles. The number of hydrogen-bond acceptors (Lipinski definition) is 7. The molecule has 5 rings (SSSR count). The molecule has 2 aliphatic rings. The highest BCUT2D eigenvalue weighted by atomic mass is 32.1. The Balaban J connectivity index is 1.62. The van der Waals surface area contributed by atoms with Gasteiger partial charge in [0.1, 0.15) is 24.0 Å². The number of carbonyl (C=O) groups excluding carboxylic acids is 3. The SMILES string of the molecule is Cc1nsc(-c2nc(N3CCCCC3=O)c3n2CCN(C(=O)c2ccc(F)cc2)[C@@H]3C=O)n1. The average Bonchev–Trinajstić information content (AvgIpc) is 3.42. The van der Waals surface area contributed by atoms with Crippen molar-refractivity contribution in [1.29, 1.82) is 0 Å². The molecule has 3 aromatic rings. The number of aryl methyl sites for hydroxylation is 1. The van der Waals surface area contributed by atoms with E-state index in [2.05, 4.69) is 9.36 Å². The molecule has 0 spiro atoms. The van der Waals surface area contributed by atoms with Gasteiger partial charge in [-0.3, -0.25) is 14.5 Å². The fourth-order valence-electron chi connectivity index (χ4n) is 4.37. The zero-order valence-electron chi connectivity index (χ0n) is 17.9. The number of imidazole rings is 1. The lowest BCUT2D eigenvalue weighted by Crippen LogP contribution is -2.44. The molecule has 0 radical (unpaired) electrons. The van der Waals surface area contributed by atoms with E-state index in [0.29, 0.717) is 54.0 Å². The van der Waals surface area contributed by atoms with E-state index in [1.165, 1.54) is 40.7 Å². The second-order valence-electron chi connectivity index (χ2n) is 8.03. The maximum Gasteiger partial charge on any atom is 0.254 e. The first-order valence-electron chi connectivity index (χ1n) is 10.7. The fourth-order valence-corrected chi connectivity index (χ4v) is 5.04. The molecule has 0 unspecified atom stereocenters. The largest absolute Gasteiger partial charge is 0.321 e. The molecular formula is C22H21FN6O3S. The molecule has 33 heavy (non-hydrogen) atoms. The summed E-state index contributed by atoms with van der Waals surface area (Å²) in [7, 11) is 0. The van der Waals surface area contributed by atoms with Crippen molar-refractivity contribution in [2.75, 3.05) is 18.0 Å². The van der Waals surface area contributed by atoms with Gasteiger partial charge in [-0.25, -0.2) is 14.4 Å². The van der Waals surface area contributed by atoms with Gasteiger partial charge in [-0.15, -0.1) is 0 Å². The Morgan fingerprint density at radius 1 is 1.15 bits per heavy atom. The Bertz CT molecular complexity index is 1240. The second kappa shape index (κ2) is 8.47. The quantitative estimate of drug-likeness (QED) is 0.546. The predicted molar refractivity (Wildman–Crippen MR) is 118 cm³/mol. The molecule has 1 fully saturated rings. The van der Waals surface area contributed by atoms with Crippen molar-refractivity contribution >= 4 is 35.5 Å². The summed E-state index contributed by atoms with van der Waals surface area (Å²) in [6.07, 6.45) is 2.74. The van der Waals surface area contributed by atoms with E-state index in [1.54, 1.807) is 11.8 Å². The van der Waals surface area contributed by atoms with Crippen molar-refractivity contribution in [2.45, 2.75) is 38.8 Å². The van der Waals surface area contributed by atoms with Crippen molar-refractivity contribution < 1.29 is 18.8 Å². The number of amides is 2. The standard InChI is InChI=1S/C22H21FN6O3S/c1-13-24-21(33-26-13)20-25-19(28-9-3-2-4-17(28)31)18-16(12-30)27(10-11-29(18)20)22(32)14-5-7-15(23)8-6-14/h5-8,12,16H,2-4,9-11H2,1H3/t16-/m1/s1. The Hall–Kier alpha value is -3.47. The van der Waals surface area contributed by atoms with Gasteiger partial charge in [0.15, 0.2) is 16.6 Å². The highest BCUT2D eigenvalue weighted by Gasteiger charge is 2.39. The molecule has 0 bridgehead atoms. The van der Waals surface area contributed by atoms with Crippen LogP contribution in [0.15, 0.2) is 24.3 Å². The number of aromatic nitrogens is 4. The van der Waals surface area contributed by atoms with Crippen LogP contribution in [0.2, 0.25) is 0 Å². The third-order valence-electron chi connectivity index (χ3n) is 5.95. The Labute approximate surface area is 193 Å². The first-order valence-corrected chi connectivity index (χ1v) is 11.5. The number of fused-ring (bicyclic) bond motifs is 1. The van der Waals surface area contributed by atoms with E-state index >= 15 is 0 Å². The van der Waals surface area contributed by atoms with Crippen molar-refractivity contribution in [3.05, 3.63) is 47.2 Å². The molecule has 170 valence electrons. The number of benzene rings is 1. The number of rotatable bonds is 4. The van der Waals surface area contributed by atoms with Crippen LogP contribution >= 0.6 is 11.5 Å². The zero-order valence-corrected chi connectivity index (χ0v) is 18.7. The normalized spacial score (nSPS) is 18.4.